The van der Waals surface area contributed by atoms with E-state index in [1.807, 2.05) is 26.0 Å². The summed E-state index contributed by atoms with van der Waals surface area (Å²) in [5, 5.41) is 3.41. The number of ether oxygens (including phenoxy) is 3. The van der Waals surface area contributed by atoms with Crippen molar-refractivity contribution in [3.05, 3.63) is 23.8 Å². The Balaban J connectivity index is 2.92. The van der Waals surface area contributed by atoms with Gasteiger partial charge in [0.05, 0.1) is 13.2 Å². The maximum Gasteiger partial charge on any atom is 0.166 e. The summed E-state index contributed by atoms with van der Waals surface area (Å²) in [7, 11) is 1.68. The third kappa shape index (κ3) is 5.39. The van der Waals surface area contributed by atoms with Crippen LogP contribution in [-0.4, -0.2) is 32.5 Å². The molecule has 20 heavy (non-hydrogen) atoms. The molecule has 1 aromatic carbocycles. The zero-order valence-corrected chi connectivity index (χ0v) is 13.2. The van der Waals surface area contributed by atoms with E-state index in [0.29, 0.717) is 19.3 Å². The van der Waals surface area contributed by atoms with Gasteiger partial charge in [0.1, 0.15) is 6.10 Å². The molecule has 0 aliphatic rings. The Morgan fingerprint density at radius 1 is 1.20 bits per heavy atom. The van der Waals surface area contributed by atoms with Crippen LogP contribution in [0, 0.1) is 0 Å². The third-order valence-corrected chi connectivity index (χ3v) is 2.78. The second kappa shape index (κ2) is 8.82. The van der Waals surface area contributed by atoms with Crippen molar-refractivity contribution < 1.29 is 14.2 Å². The lowest BCUT2D eigenvalue weighted by Crippen LogP contribution is -2.24. The number of rotatable bonds is 9. The van der Waals surface area contributed by atoms with E-state index in [0.717, 1.165) is 23.6 Å². The smallest absolute Gasteiger partial charge is 0.166 e. The summed E-state index contributed by atoms with van der Waals surface area (Å²) in [5.74, 6) is 1.60. The fraction of sp³-hybridized carbons (Fsp3) is 0.625. The predicted octanol–water partition coefficient (Wildman–Crippen LogP) is 3.00. The largest absolute Gasteiger partial charge is 0.490 e. The molecule has 1 rings (SSSR count). The molecule has 4 nitrogen and oxygen atoms in total. The van der Waals surface area contributed by atoms with Crippen LogP contribution in [0.4, 0.5) is 0 Å². The highest BCUT2D eigenvalue weighted by molar-refractivity contribution is 5.46. The lowest BCUT2D eigenvalue weighted by molar-refractivity contribution is 0.0886. The number of nitrogens with one attached hydrogen (secondary N) is 1. The standard InChI is InChI=1S/C16H27NO3/c1-6-19-15-9-7-8-14(10-17-12(2)3)16(15)20-13(4)11-18-5/h7-9,12-13,17H,6,10-11H2,1-5H3. The summed E-state index contributed by atoms with van der Waals surface area (Å²) < 4.78 is 16.8. The van der Waals surface area contributed by atoms with Crippen molar-refractivity contribution >= 4 is 0 Å². The Morgan fingerprint density at radius 2 is 1.95 bits per heavy atom. The van der Waals surface area contributed by atoms with Crippen LogP contribution < -0.4 is 14.8 Å². The minimum Gasteiger partial charge on any atom is -0.490 e. The molecular weight excluding hydrogens is 254 g/mol. The molecule has 114 valence electrons. The van der Waals surface area contributed by atoms with Crippen LogP contribution in [0.3, 0.4) is 0 Å². The molecule has 0 aliphatic carbocycles. The average molecular weight is 281 g/mol. The number of hydrogen-bond acceptors (Lipinski definition) is 4. The predicted molar refractivity (Wildman–Crippen MR) is 81.6 cm³/mol. The van der Waals surface area contributed by atoms with E-state index in [1.54, 1.807) is 7.11 Å². The Labute approximate surface area is 122 Å². The molecule has 0 fully saturated rings. The number of benzene rings is 1. The van der Waals surface area contributed by atoms with Crippen molar-refractivity contribution in [2.45, 2.75) is 46.4 Å². The summed E-state index contributed by atoms with van der Waals surface area (Å²) in [6.45, 7) is 10.1. The van der Waals surface area contributed by atoms with Gasteiger partial charge < -0.3 is 19.5 Å². The second-order valence-electron chi connectivity index (χ2n) is 5.10. The van der Waals surface area contributed by atoms with Gasteiger partial charge in [-0.2, -0.15) is 0 Å². The van der Waals surface area contributed by atoms with Gasteiger partial charge in [0.15, 0.2) is 11.5 Å². The topological polar surface area (TPSA) is 39.7 Å². The van der Waals surface area contributed by atoms with Crippen LogP contribution in [0.1, 0.15) is 33.3 Å². The molecule has 0 saturated heterocycles. The summed E-state index contributed by atoms with van der Waals surface area (Å²) in [6.07, 6.45) is -0.0144. The molecule has 0 aromatic heterocycles. The van der Waals surface area contributed by atoms with Gasteiger partial charge in [-0.1, -0.05) is 26.0 Å². The lowest BCUT2D eigenvalue weighted by atomic mass is 10.1. The second-order valence-corrected chi connectivity index (χ2v) is 5.10. The first-order chi connectivity index (χ1) is 9.58. The molecule has 1 atom stereocenters. The van der Waals surface area contributed by atoms with E-state index in [1.165, 1.54) is 0 Å². The normalized spacial score (nSPS) is 12.5. The first-order valence-electron chi connectivity index (χ1n) is 7.22. The van der Waals surface area contributed by atoms with E-state index in [2.05, 4.69) is 25.2 Å². The summed E-state index contributed by atoms with van der Waals surface area (Å²) in [4.78, 5) is 0. The van der Waals surface area contributed by atoms with Crippen molar-refractivity contribution in [3.8, 4) is 11.5 Å². The first-order valence-corrected chi connectivity index (χ1v) is 7.22. The highest BCUT2D eigenvalue weighted by atomic mass is 16.5. The third-order valence-electron chi connectivity index (χ3n) is 2.78. The van der Waals surface area contributed by atoms with Gasteiger partial charge in [0, 0.05) is 25.3 Å². The molecule has 1 aromatic rings. The van der Waals surface area contributed by atoms with Crippen LogP contribution in [0.2, 0.25) is 0 Å². The van der Waals surface area contributed by atoms with Gasteiger partial charge in [-0.25, -0.2) is 0 Å². The fourth-order valence-electron chi connectivity index (χ4n) is 1.89. The minimum atomic E-state index is -0.0144. The maximum absolute atomic E-state index is 6.01. The number of para-hydroxylation sites is 1. The van der Waals surface area contributed by atoms with E-state index >= 15 is 0 Å². The molecule has 0 aliphatic heterocycles. The molecule has 0 spiro atoms. The Kier molecular flexibility index (Phi) is 7.41. The van der Waals surface area contributed by atoms with Crippen LogP contribution in [-0.2, 0) is 11.3 Å². The zero-order valence-electron chi connectivity index (χ0n) is 13.2. The SMILES string of the molecule is CCOc1cccc(CNC(C)C)c1OC(C)COC. The van der Waals surface area contributed by atoms with Crippen molar-refractivity contribution in [1.82, 2.24) is 5.32 Å². The molecule has 4 heteroatoms. The van der Waals surface area contributed by atoms with E-state index in [4.69, 9.17) is 14.2 Å². The van der Waals surface area contributed by atoms with Crippen molar-refractivity contribution in [3.63, 3.8) is 0 Å². The van der Waals surface area contributed by atoms with Crippen LogP contribution >= 0.6 is 0 Å². The van der Waals surface area contributed by atoms with Crippen LogP contribution in [0.5, 0.6) is 11.5 Å². The molecular formula is C16H27NO3. The maximum atomic E-state index is 6.01. The highest BCUT2D eigenvalue weighted by Gasteiger charge is 2.14. The molecule has 0 heterocycles. The lowest BCUT2D eigenvalue weighted by Gasteiger charge is -2.20. The van der Waals surface area contributed by atoms with Gasteiger partial charge in [-0.05, 0) is 19.9 Å². The highest BCUT2D eigenvalue weighted by Crippen LogP contribution is 2.32. The summed E-state index contributed by atoms with van der Waals surface area (Å²) >= 11 is 0. The zero-order chi connectivity index (χ0) is 15.0. The summed E-state index contributed by atoms with van der Waals surface area (Å²) in [6, 6.07) is 6.43. The Bertz CT molecular complexity index is 393. The summed E-state index contributed by atoms with van der Waals surface area (Å²) in [5.41, 5.74) is 1.10. The van der Waals surface area contributed by atoms with Gasteiger partial charge in [-0.15, -0.1) is 0 Å². The van der Waals surface area contributed by atoms with E-state index < -0.39 is 0 Å². The molecule has 0 bridgehead atoms. The minimum absolute atomic E-state index is 0.0144. The number of hydrogen-bond donors (Lipinski definition) is 1. The Hall–Kier alpha value is -1.26. The quantitative estimate of drug-likeness (QED) is 0.755. The molecule has 1 N–H and O–H groups in total. The van der Waals surface area contributed by atoms with Gasteiger partial charge in [-0.3, -0.25) is 0 Å². The Morgan fingerprint density at radius 3 is 2.55 bits per heavy atom. The fourth-order valence-corrected chi connectivity index (χ4v) is 1.89. The van der Waals surface area contributed by atoms with Crippen LogP contribution in [0.15, 0.2) is 18.2 Å². The molecule has 0 radical (unpaired) electrons. The molecule has 0 amide bonds. The van der Waals surface area contributed by atoms with Gasteiger partial charge in [0.2, 0.25) is 0 Å². The first kappa shape index (κ1) is 16.8. The molecule has 1 unspecified atom stereocenters. The van der Waals surface area contributed by atoms with Crippen molar-refractivity contribution in [1.29, 1.82) is 0 Å². The monoisotopic (exact) mass is 281 g/mol. The molecule has 0 saturated carbocycles. The average Bonchev–Trinajstić information content (AvgIpc) is 2.39. The van der Waals surface area contributed by atoms with Crippen molar-refractivity contribution in [2.75, 3.05) is 20.3 Å². The van der Waals surface area contributed by atoms with Crippen molar-refractivity contribution in [2.24, 2.45) is 0 Å². The van der Waals surface area contributed by atoms with E-state index in [-0.39, 0.29) is 6.10 Å². The van der Waals surface area contributed by atoms with Crippen LogP contribution in [0.25, 0.3) is 0 Å². The van der Waals surface area contributed by atoms with Gasteiger partial charge in [0.25, 0.3) is 0 Å². The van der Waals surface area contributed by atoms with Gasteiger partial charge >= 0.3 is 0 Å². The van der Waals surface area contributed by atoms with E-state index in [9.17, 15) is 0 Å². The number of methoxy groups -OCH3 is 1.